The van der Waals surface area contributed by atoms with E-state index in [1.54, 1.807) is 0 Å². The summed E-state index contributed by atoms with van der Waals surface area (Å²) < 4.78 is 49.7. The van der Waals surface area contributed by atoms with Crippen LogP contribution in [0.4, 0.5) is 8.78 Å². The molecular weight excluding hydrogens is 580 g/mol. The third-order valence-corrected chi connectivity index (χ3v) is 9.09. The van der Waals surface area contributed by atoms with E-state index < -0.39 is 29.0 Å². The first-order valence-electron chi connectivity index (χ1n) is 14.5. The van der Waals surface area contributed by atoms with Gasteiger partial charge in [0.1, 0.15) is 18.2 Å². The second-order valence-corrected chi connectivity index (χ2v) is 12.4. The van der Waals surface area contributed by atoms with Crippen LogP contribution < -0.4 is 20.1 Å². The van der Waals surface area contributed by atoms with E-state index in [0.29, 0.717) is 18.8 Å². The Morgan fingerprint density at radius 2 is 2.05 bits per heavy atom. The molecule has 0 saturated carbocycles. The van der Waals surface area contributed by atoms with Crippen molar-refractivity contribution in [1.82, 2.24) is 15.6 Å². The number of fused-ring (bicyclic) bond motifs is 1. The number of amides is 1. The van der Waals surface area contributed by atoms with Crippen molar-refractivity contribution in [2.75, 3.05) is 33.0 Å². The molecule has 2 saturated heterocycles. The van der Waals surface area contributed by atoms with Gasteiger partial charge < -0.3 is 30.0 Å². The highest BCUT2D eigenvalue weighted by atomic mass is 35.5. The van der Waals surface area contributed by atoms with E-state index in [-0.39, 0.29) is 64.6 Å². The molecule has 1 aromatic heterocycles. The van der Waals surface area contributed by atoms with E-state index >= 15 is 8.78 Å². The van der Waals surface area contributed by atoms with Gasteiger partial charge in [0, 0.05) is 40.8 Å². The van der Waals surface area contributed by atoms with E-state index in [2.05, 4.69) is 15.6 Å². The Morgan fingerprint density at radius 3 is 2.72 bits per heavy atom. The van der Waals surface area contributed by atoms with Crippen LogP contribution in [0.15, 0.2) is 42.6 Å². The number of halogens is 3. The third kappa shape index (κ3) is 5.24. The second kappa shape index (κ2) is 11.6. The van der Waals surface area contributed by atoms with Gasteiger partial charge in [0.15, 0.2) is 11.4 Å². The van der Waals surface area contributed by atoms with Crippen LogP contribution in [0.5, 0.6) is 11.6 Å². The summed E-state index contributed by atoms with van der Waals surface area (Å²) >= 11 is 6.67. The summed E-state index contributed by atoms with van der Waals surface area (Å²) in [6.45, 7) is 4.85. The van der Waals surface area contributed by atoms with Crippen LogP contribution in [0.3, 0.4) is 0 Å². The lowest BCUT2D eigenvalue weighted by Crippen LogP contribution is -2.48. The fourth-order valence-corrected chi connectivity index (χ4v) is 6.65. The molecule has 6 rings (SSSR count). The molecule has 0 radical (unpaired) electrons. The summed E-state index contributed by atoms with van der Waals surface area (Å²) in [4.78, 5) is 17.8. The molecule has 228 valence electrons. The maximum Gasteiger partial charge on any atom is 0.253 e. The first-order valence-corrected chi connectivity index (χ1v) is 14.8. The van der Waals surface area contributed by atoms with Crippen LogP contribution in [0, 0.1) is 17.0 Å². The molecule has 0 unspecified atom stereocenters. The largest absolute Gasteiger partial charge is 0.480 e. The lowest BCUT2D eigenvalue weighted by atomic mass is 9.80. The first kappa shape index (κ1) is 29.7. The molecule has 0 bridgehead atoms. The molecule has 4 heterocycles. The van der Waals surface area contributed by atoms with Crippen LogP contribution in [0.1, 0.15) is 48.2 Å². The minimum atomic E-state index is -0.992. The maximum absolute atomic E-state index is 16.5. The van der Waals surface area contributed by atoms with E-state index in [1.807, 2.05) is 44.2 Å². The van der Waals surface area contributed by atoms with Crippen LogP contribution in [0.25, 0.3) is 11.1 Å². The van der Waals surface area contributed by atoms with E-state index in [1.165, 1.54) is 12.3 Å². The number of ether oxygens (including phenoxy) is 3. The van der Waals surface area contributed by atoms with Gasteiger partial charge in [0.05, 0.1) is 42.5 Å². The highest BCUT2D eigenvalue weighted by molar-refractivity contribution is 6.34. The molecular formula is C32H34ClF2N3O5. The zero-order valence-corrected chi connectivity index (χ0v) is 24.8. The SMILES string of the molecule is CC1(C)COC[C@H]1NC(=O)c1cnc(OCCO)c(F)c1-c1c(Cl)c(F)cc2c1C[C@](c1ccccc1)([C@@H]1CCCN1)O2. The zero-order chi connectivity index (χ0) is 30.4. The molecule has 11 heteroatoms. The Hall–Kier alpha value is -3.31. The zero-order valence-electron chi connectivity index (χ0n) is 24.0. The summed E-state index contributed by atoms with van der Waals surface area (Å²) in [7, 11) is 0. The fourth-order valence-electron chi connectivity index (χ4n) is 6.39. The molecule has 8 nitrogen and oxygen atoms in total. The average molecular weight is 614 g/mol. The second-order valence-electron chi connectivity index (χ2n) is 12.0. The molecule has 0 spiro atoms. The van der Waals surface area contributed by atoms with Crippen LogP contribution in [0.2, 0.25) is 5.02 Å². The van der Waals surface area contributed by atoms with Crippen molar-refractivity contribution in [1.29, 1.82) is 0 Å². The molecule has 3 aliphatic rings. The molecule has 2 aromatic carbocycles. The number of aromatic nitrogens is 1. The molecule has 3 atom stereocenters. The summed E-state index contributed by atoms with van der Waals surface area (Å²) in [5.41, 5.74) is -0.293. The Kier molecular flexibility index (Phi) is 8.06. The number of carbonyl (C=O) groups is 1. The van der Waals surface area contributed by atoms with Gasteiger partial charge in [-0.2, -0.15) is 0 Å². The number of hydrogen-bond acceptors (Lipinski definition) is 7. The van der Waals surface area contributed by atoms with Crippen molar-refractivity contribution in [3.63, 3.8) is 0 Å². The number of carbonyl (C=O) groups excluding carboxylic acids is 1. The van der Waals surface area contributed by atoms with Gasteiger partial charge in [-0.3, -0.25) is 4.79 Å². The Balaban J connectivity index is 1.52. The highest BCUT2D eigenvalue weighted by Crippen LogP contribution is 2.52. The minimum absolute atomic E-state index is 0.00769. The van der Waals surface area contributed by atoms with Crippen LogP contribution in [-0.4, -0.2) is 61.1 Å². The van der Waals surface area contributed by atoms with E-state index in [4.69, 9.17) is 25.8 Å². The van der Waals surface area contributed by atoms with Gasteiger partial charge in [-0.25, -0.2) is 13.8 Å². The number of aliphatic hydroxyl groups is 1. The van der Waals surface area contributed by atoms with Gasteiger partial charge in [-0.05, 0) is 24.9 Å². The van der Waals surface area contributed by atoms with Crippen LogP contribution >= 0.6 is 11.6 Å². The quantitative estimate of drug-likeness (QED) is 0.336. The summed E-state index contributed by atoms with van der Waals surface area (Å²) in [5, 5.41) is 15.4. The van der Waals surface area contributed by atoms with Crippen molar-refractivity contribution >= 4 is 17.5 Å². The minimum Gasteiger partial charge on any atom is -0.480 e. The molecule has 3 aromatic rings. The van der Waals surface area contributed by atoms with Gasteiger partial charge in [-0.15, -0.1) is 0 Å². The summed E-state index contributed by atoms with van der Waals surface area (Å²) in [5.74, 6) is -2.64. The molecule has 0 aliphatic carbocycles. The van der Waals surface area contributed by atoms with Crippen LogP contribution in [-0.2, 0) is 16.8 Å². The fraction of sp³-hybridized carbons (Fsp3) is 0.438. The number of nitrogens with zero attached hydrogens (tertiary/aromatic N) is 1. The van der Waals surface area contributed by atoms with E-state index in [9.17, 15) is 9.90 Å². The number of benzene rings is 2. The predicted molar refractivity (Wildman–Crippen MR) is 157 cm³/mol. The van der Waals surface area contributed by atoms with Crippen molar-refractivity contribution < 1.29 is 32.9 Å². The van der Waals surface area contributed by atoms with Gasteiger partial charge >= 0.3 is 0 Å². The summed E-state index contributed by atoms with van der Waals surface area (Å²) in [6, 6.07) is 10.4. The number of rotatable bonds is 8. The predicted octanol–water partition coefficient (Wildman–Crippen LogP) is 4.79. The topological polar surface area (TPSA) is 102 Å². The first-order chi connectivity index (χ1) is 20.7. The number of pyridine rings is 1. The average Bonchev–Trinajstić information content (AvgIpc) is 3.74. The number of hydrogen-bond donors (Lipinski definition) is 3. The highest BCUT2D eigenvalue weighted by Gasteiger charge is 2.50. The van der Waals surface area contributed by atoms with Crippen molar-refractivity contribution in [2.24, 2.45) is 5.41 Å². The van der Waals surface area contributed by atoms with Crippen molar-refractivity contribution in [3.05, 3.63) is 75.9 Å². The van der Waals surface area contributed by atoms with Crippen molar-refractivity contribution in [3.8, 4) is 22.8 Å². The molecule has 43 heavy (non-hydrogen) atoms. The molecule has 3 aliphatic heterocycles. The lowest BCUT2D eigenvalue weighted by molar-refractivity contribution is 0.0539. The molecule has 3 N–H and O–H groups in total. The van der Waals surface area contributed by atoms with Gasteiger partial charge in [0.2, 0.25) is 0 Å². The molecule has 1 amide bonds. The number of aliphatic hydroxyl groups excluding tert-OH is 1. The van der Waals surface area contributed by atoms with Crippen molar-refractivity contribution in [2.45, 2.75) is 50.8 Å². The van der Waals surface area contributed by atoms with Gasteiger partial charge in [-0.1, -0.05) is 55.8 Å². The lowest BCUT2D eigenvalue weighted by Gasteiger charge is -2.35. The Morgan fingerprint density at radius 1 is 1.26 bits per heavy atom. The normalized spacial score (nSPS) is 24.0. The van der Waals surface area contributed by atoms with E-state index in [0.717, 1.165) is 24.9 Å². The summed E-state index contributed by atoms with van der Waals surface area (Å²) in [6.07, 6.45) is 3.20. The molecule has 2 fully saturated rings. The number of nitrogens with one attached hydrogen (secondary N) is 2. The van der Waals surface area contributed by atoms with Gasteiger partial charge in [0.25, 0.3) is 11.8 Å². The Labute approximate surface area is 253 Å². The maximum atomic E-state index is 16.5. The third-order valence-electron chi connectivity index (χ3n) is 8.72. The monoisotopic (exact) mass is 613 g/mol. The smallest absolute Gasteiger partial charge is 0.253 e. The Bertz CT molecular complexity index is 1530. The standard InChI is InChI=1S/C32H34ClF2N3O5/c1-31(2)17-41-16-24(31)38-29(40)20-15-37-30(42-12-11-39)28(35)26(20)25-19-14-32(23-9-6-10-36-23,18-7-4-3-5-8-18)43-22(19)13-21(34)27(25)33/h3-5,7-8,13,15,23-24,36,39H,6,9-12,14,16-17H2,1-2H3,(H,38,40)/t23-,24+,32-/m0/s1.